The fraction of sp³-hybridized carbons (Fsp3) is 0.667. The third-order valence-electron chi connectivity index (χ3n) is 0.714. The molecule has 3 heteroatoms. The molecule has 0 aliphatic carbocycles. The second kappa shape index (κ2) is 22.5. The van der Waals surface area contributed by atoms with E-state index in [1.165, 1.54) is 0 Å². The van der Waals surface area contributed by atoms with Gasteiger partial charge in [-0.1, -0.05) is 6.92 Å². The number of rotatable bonds is 3. The summed E-state index contributed by atoms with van der Waals surface area (Å²) in [4.78, 5) is 9.98. The lowest BCUT2D eigenvalue weighted by Crippen LogP contribution is -2.14. The molecule has 0 bridgehead atoms. The lowest BCUT2D eigenvalue weighted by molar-refractivity contribution is -0.116. The maximum atomic E-state index is 9.98. The molecule has 0 aromatic rings. The zero-order valence-electron chi connectivity index (χ0n) is 8.26. The van der Waals surface area contributed by atoms with Crippen LogP contribution in [0.4, 0.5) is 0 Å². The summed E-state index contributed by atoms with van der Waals surface area (Å²) in [5.41, 5.74) is 5.03. The Bertz CT molecular complexity index is 97.9. The Hall–Kier alpha value is -0.850. The molecule has 0 heterocycles. The number of nitrogens with one attached hydrogen (secondary N) is 1. The molecule has 0 spiro atoms. The highest BCUT2D eigenvalue weighted by atomic mass is 16.1. The number of carbonyl (C=O) groups is 1. The van der Waals surface area contributed by atoms with Gasteiger partial charge in [0.2, 0.25) is 0 Å². The number of terminal acetylenes is 1. The van der Waals surface area contributed by atoms with Crippen LogP contribution in [0.3, 0.4) is 0 Å². The normalized spacial score (nSPS) is 6.83. The summed E-state index contributed by atoms with van der Waals surface area (Å²) in [6.07, 6.45) is 9.10. The molecule has 0 rings (SSSR count). The topological polar surface area (TPSA) is 55.1 Å². The Balaban J connectivity index is -0.000000118. The minimum Gasteiger partial charge on any atom is -0.330 e. The van der Waals surface area contributed by atoms with Gasteiger partial charge in [-0.2, -0.15) is 0 Å². The van der Waals surface area contributed by atoms with Gasteiger partial charge in [0.1, 0.15) is 5.78 Å². The standard InChI is InChI=1S/C4H9NO.C3H9N.C2H2/c1-4(6)3-5-2;1-2-3-4;1-2/h5H,3H2,1-2H3;2-4H2,1H3;1-2H. The molecule has 0 atom stereocenters. The highest BCUT2D eigenvalue weighted by Crippen LogP contribution is 1.57. The molecule has 0 saturated heterocycles. The SMILES string of the molecule is C#C.CCCN.CNCC(C)=O. The molecular formula is C9H20N2O. The van der Waals surface area contributed by atoms with Crippen molar-refractivity contribution in [1.82, 2.24) is 5.32 Å². The van der Waals surface area contributed by atoms with E-state index in [4.69, 9.17) is 5.73 Å². The van der Waals surface area contributed by atoms with E-state index < -0.39 is 0 Å². The maximum absolute atomic E-state index is 9.98. The quantitative estimate of drug-likeness (QED) is 0.606. The average Bonchev–Trinajstić information content (AvgIpc) is 2.08. The molecule has 0 aliphatic rings. The smallest absolute Gasteiger partial charge is 0.143 e. The molecule has 0 radical (unpaired) electrons. The van der Waals surface area contributed by atoms with E-state index in [1.54, 1.807) is 14.0 Å². The Morgan fingerprint density at radius 1 is 1.50 bits per heavy atom. The predicted octanol–water partition coefficient (Wildman–Crippen LogP) is 0.399. The lowest BCUT2D eigenvalue weighted by atomic mass is 10.5. The van der Waals surface area contributed by atoms with Crippen LogP contribution in [-0.4, -0.2) is 25.9 Å². The van der Waals surface area contributed by atoms with Gasteiger partial charge in [0, 0.05) is 0 Å². The summed E-state index contributed by atoms with van der Waals surface area (Å²) in [6, 6.07) is 0. The largest absolute Gasteiger partial charge is 0.330 e. The van der Waals surface area contributed by atoms with E-state index in [0.29, 0.717) is 6.54 Å². The van der Waals surface area contributed by atoms with Crippen molar-refractivity contribution in [2.24, 2.45) is 5.73 Å². The first-order valence-corrected chi connectivity index (χ1v) is 3.86. The monoisotopic (exact) mass is 172 g/mol. The van der Waals surface area contributed by atoms with Gasteiger partial charge < -0.3 is 11.1 Å². The van der Waals surface area contributed by atoms with Gasteiger partial charge in [0.25, 0.3) is 0 Å². The van der Waals surface area contributed by atoms with E-state index in [9.17, 15) is 4.79 Å². The van der Waals surface area contributed by atoms with Crippen LogP contribution in [0.2, 0.25) is 0 Å². The van der Waals surface area contributed by atoms with Gasteiger partial charge in [-0.25, -0.2) is 0 Å². The summed E-state index contributed by atoms with van der Waals surface area (Å²) in [7, 11) is 1.75. The van der Waals surface area contributed by atoms with Crippen molar-refractivity contribution >= 4 is 5.78 Å². The van der Waals surface area contributed by atoms with Gasteiger partial charge in [0.05, 0.1) is 6.54 Å². The van der Waals surface area contributed by atoms with Gasteiger partial charge in [-0.15, -0.1) is 12.8 Å². The second-order valence-electron chi connectivity index (χ2n) is 2.02. The van der Waals surface area contributed by atoms with Crippen LogP contribution < -0.4 is 11.1 Å². The van der Waals surface area contributed by atoms with Crippen molar-refractivity contribution in [2.45, 2.75) is 20.3 Å². The van der Waals surface area contributed by atoms with E-state index in [1.807, 2.05) is 0 Å². The molecule has 0 amide bonds. The predicted molar refractivity (Wildman–Crippen MR) is 53.8 cm³/mol. The van der Waals surface area contributed by atoms with E-state index in [2.05, 4.69) is 25.1 Å². The molecule has 3 N–H and O–H groups in total. The molecule has 0 aromatic heterocycles. The van der Waals surface area contributed by atoms with Crippen LogP contribution in [0.25, 0.3) is 0 Å². The fourth-order valence-corrected chi connectivity index (χ4v) is 0.249. The highest BCUT2D eigenvalue weighted by molar-refractivity contribution is 5.77. The first-order chi connectivity index (χ1) is 5.68. The summed E-state index contributed by atoms with van der Waals surface area (Å²) in [5.74, 6) is 0.178. The summed E-state index contributed by atoms with van der Waals surface area (Å²) in [6.45, 7) is 4.91. The Labute approximate surface area is 75.7 Å². The van der Waals surface area contributed by atoms with Gasteiger partial charge >= 0.3 is 0 Å². The van der Waals surface area contributed by atoms with Crippen LogP contribution in [-0.2, 0) is 4.79 Å². The Kier molecular flexibility index (Phi) is 32.4. The number of hydrogen-bond acceptors (Lipinski definition) is 3. The number of Topliss-reactive ketones (excluding diaryl/α,β-unsaturated/α-hetero) is 1. The first-order valence-electron chi connectivity index (χ1n) is 3.86. The molecule has 12 heavy (non-hydrogen) atoms. The second-order valence-corrected chi connectivity index (χ2v) is 2.02. The summed E-state index contributed by atoms with van der Waals surface area (Å²) >= 11 is 0. The van der Waals surface area contributed by atoms with Crippen LogP contribution in [0.5, 0.6) is 0 Å². The van der Waals surface area contributed by atoms with Gasteiger partial charge in [0.15, 0.2) is 0 Å². The summed E-state index contributed by atoms with van der Waals surface area (Å²) < 4.78 is 0. The minimum absolute atomic E-state index is 0.178. The highest BCUT2D eigenvalue weighted by Gasteiger charge is 1.82. The number of carbonyl (C=O) groups excluding carboxylic acids is 1. The zero-order valence-corrected chi connectivity index (χ0v) is 8.26. The number of nitrogens with two attached hydrogens (primary N) is 1. The number of ketones is 1. The van der Waals surface area contributed by atoms with Crippen molar-refractivity contribution < 1.29 is 4.79 Å². The van der Waals surface area contributed by atoms with Crippen molar-refractivity contribution in [3.8, 4) is 12.8 Å². The van der Waals surface area contributed by atoms with E-state index >= 15 is 0 Å². The van der Waals surface area contributed by atoms with Crippen molar-refractivity contribution in [2.75, 3.05) is 20.1 Å². The van der Waals surface area contributed by atoms with Gasteiger partial charge in [-0.05, 0) is 26.9 Å². The third kappa shape index (κ3) is 61.3. The van der Waals surface area contributed by atoms with Crippen molar-refractivity contribution in [3.63, 3.8) is 0 Å². The van der Waals surface area contributed by atoms with E-state index in [-0.39, 0.29) is 5.78 Å². The van der Waals surface area contributed by atoms with Crippen LogP contribution in [0.1, 0.15) is 20.3 Å². The van der Waals surface area contributed by atoms with Crippen molar-refractivity contribution in [3.05, 3.63) is 0 Å². The molecule has 0 unspecified atom stereocenters. The van der Waals surface area contributed by atoms with Crippen molar-refractivity contribution in [1.29, 1.82) is 0 Å². The average molecular weight is 172 g/mol. The Morgan fingerprint density at radius 3 is 1.83 bits per heavy atom. The molecule has 0 fully saturated rings. The molecule has 0 saturated carbocycles. The number of hydrogen-bond donors (Lipinski definition) is 2. The van der Waals surface area contributed by atoms with Crippen LogP contribution in [0, 0.1) is 12.8 Å². The fourth-order valence-electron chi connectivity index (χ4n) is 0.249. The molecule has 0 aromatic carbocycles. The minimum atomic E-state index is 0.178. The zero-order chi connectivity index (χ0) is 10.4. The molecule has 3 nitrogen and oxygen atoms in total. The third-order valence-corrected chi connectivity index (χ3v) is 0.714. The Morgan fingerprint density at radius 2 is 1.83 bits per heavy atom. The van der Waals surface area contributed by atoms with Gasteiger partial charge in [-0.3, -0.25) is 4.79 Å². The first kappa shape index (κ1) is 17.3. The van der Waals surface area contributed by atoms with Crippen LogP contribution in [0.15, 0.2) is 0 Å². The number of likely N-dealkylation sites (N-methyl/N-ethyl adjacent to an activating group) is 1. The maximum Gasteiger partial charge on any atom is 0.143 e. The summed E-state index contributed by atoms with van der Waals surface area (Å²) in [5, 5.41) is 2.72. The van der Waals surface area contributed by atoms with Crippen LogP contribution >= 0.6 is 0 Å². The molecule has 72 valence electrons. The molecule has 0 aliphatic heterocycles. The molecular weight excluding hydrogens is 152 g/mol. The van der Waals surface area contributed by atoms with E-state index in [0.717, 1.165) is 13.0 Å². The lowest BCUT2D eigenvalue weighted by Gasteiger charge is -1.85.